The number of allylic oxidation sites excluding steroid dienone is 23. The van der Waals surface area contributed by atoms with Crippen molar-refractivity contribution in [3.8, 4) is 11.5 Å². The lowest BCUT2D eigenvalue weighted by Gasteiger charge is -2.13. The molecule has 0 spiro atoms. The zero-order valence-corrected chi connectivity index (χ0v) is 38.1. The molecule has 8 nitrogen and oxygen atoms in total. The molecule has 6 aliphatic carbocycles. The predicted octanol–water partition coefficient (Wildman–Crippen LogP) is 15.0. The van der Waals surface area contributed by atoms with E-state index in [9.17, 15) is 10.2 Å². The molecule has 8 heteroatoms. The van der Waals surface area contributed by atoms with Crippen molar-refractivity contribution >= 4 is 67.4 Å². The highest BCUT2D eigenvalue weighted by molar-refractivity contribution is 5.91. The van der Waals surface area contributed by atoms with Crippen LogP contribution in [0.2, 0.25) is 0 Å². The number of hydrogen-bond donors (Lipinski definition) is 8. The van der Waals surface area contributed by atoms with E-state index in [4.69, 9.17) is 0 Å². The summed E-state index contributed by atoms with van der Waals surface area (Å²) < 4.78 is 0. The van der Waals surface area contributed by atoms with Gasteiger partial charge in [0, 0.05) is 71.2 Å². The molecule has 0 unspecified atom stereocenters. The summed E-state index contributed by atoms with van der Waals surface area (Å²) in [5.74, 6) is 1.20. The van der Waals surface area contributed by atoms with Gasteiger partial charge < -0.3 is 40.8 Å². The van der Waals surface area contributed by atoms with Crippen molar-refractivity contribution < 1.29 is 10.2 Å². The number of phenolic OH excluding ortho intramolecular Hbond substituents is 2. The lowest BCUT2D eigenvalue weighted by Crippen LogP contribution is -1.99. The summed E-state index contributed by atoms with van der Waals surface area (Å²) in [7, 11) is 0. The molecule has 12 rings (SSSR count). The summed E-state index contributed by atoms with van der Waals surface area (Å²) in [5, 5.41) is 29.1. The van der Waals surface area contributed by atoms with Crippen molar-refractivity contribution in [3.05, 3.63) is 226 Å². The van der Waals surface area contributed by atoms with Crippen molar-refractivity contribution in [1.29, 1.82) is 0 Å². The van der Waals surface area contributed by atoms with Crippen LogP contribution < -0.4 is 10.6 Å². The molecule has 0 radical (unpaired) electrons. The molecule has 0 amide bonds. The molecule has 4 heterocycles. The fraction of sp³-hybridized carbons (Fsp3) is 0.133. The van der Waals surface area contributed by atoms with E-state index in [1.807, 2.05) is 30.3 Å². The highest BCUT2D eigenvalue weighted by Gasteiger charge is 2.21. The van der Waals surface area contributed by atoms with Crippen LogP contribution in [0.3, 0.4) is 0 Å². The molecular weight excluding hydrogens is 837 g/mol. The van der Waals surface area contributed by atoms with E-state index < -0.39 is 0 Å². The molecule has 6 aliphatic rings. The van der Waals surface area contributed by atoms with E-state index >= 15 is 0 Å². The number of aromatic amines is 4. The van der Waals surface area contributed by atoms with Crippen molar-refractivity contribution in [3.63, 3.8) is 0 Å². The third kappa shape index (κ3) is 8.04. The summed E-state index contributed by atoms with van der Waals surface area (Å²) >= 11 is 0. The van der Waals surface area contributed by atoms with Crippen molar-refractivity contribution in [2.45, 2.75) is 52.4 Å². The SMILES string of the molecule is CC1=CC=C(c2ccc(C3=CC=C(Nc4ccc(C5=CC=C(c6ccc(Nc7ccc(C8=CC=C(c9ccc(C%10=CC=C(c%11ccc(C%12=CC=C(C)C%12)[nH]%11)C%10)[nH]9)C8)cc7O)[nH]6)C5)cc4O)C3)[nH]2)C1. The standard InChI is InChI=1S/C60H52N6O2/c1-35-3-5-41(27-35)49-19-21-52(62-49)45-11-12-46(31-45)53-23-22-51(64-53)43-9-7-37(29-43)40-15-18-57(59(68)34-40)66-60-26-25-55(65-60)44-10-8-38(30-44)39-14-17-56(58(67)33-39)61-48-16-13-47(32-48)54-24-20-50(63-54)42-6-4-36(2)28-42/h3-26,33-34,61-68H,27-32H2,1-2H3. The third-order valence-electron chi connectivity index (χ3n) is 14.0. The lowest BCUT2D eigenvalue weighted by atomic mass is 10.0. The van der Waals surface area contributed by atoms with Crippen molar-refractivity contribution in [2.24, 2.45) is 0 Å². The van der Waals surface area contributed by atoms with E-state index in [0.29, 0.717) is 11.4 Å². The Balaban J connectivity index is 0.614. The Labute approximate surface area is 396 Å². The van der Waals surface area contributed by atoms with Gasteiger partial charge >= 0.3 is 0 Å². The average Bonchev–Trinajstić information content (AvgIpc) is 4.16. The molecule has 334 valence electrons. The molecule has 0 atom stereocenters. The fourth-order valence-corrected chi connectivity index (χ4v) is 10.2. The van der Waals surface area contributed by atoms with Crippen LogP contribution in [0.4, 0.5) is 17.2 Å². The van der Waals surface area contributed by atoms with Gasteiger partial charge in [0.2, 0.25) is 0 Å². The summed E-state index contributed by atoms with van der Waals surface area (Å²) in [6.45, 7) is 4.34. The minimum absolute atomic E-state index is 0.190. The molecule has 0 saturated carbocycles. The van der Waals surface area contributed by atoms with Crippen LogP contribution in [0.5, 0.6) is 11.5 Å². The number of hydrogen-bond acceptors (Lipinski definition) is 4. The fourth-order valence-electron chi connectivity index (χ4n) is 10.2. The van der Waals surface area contributed by atoms with Crippen molar-refractivity contribution in [1.82, 2.24) is 19.9 Å². The van der Waals surface area contributed by atoms with Crippen LogP contribution in [-0.2, 0) is 0 Å². The van der Waals surface area contributed by atoms with Gasteiger partial charge in [-0.15, -0.1) is 0 Å². The highest BCUT2D eigenvalue weighted by Crippen LogP contribution is 2.42. The molecule has 0 bridgehead atoms. The van der Waals surface area contributed by atoms with Gasteiger partial charge in [0.15, 0.2) is 0 Å². The maximum Gasteiger partial charge on any atom is 0.139 e. The van der Waals surface area contributed by atoms with E-state index in [1.54, 1.807) is 0 Å². The van der Waals surface area contributed by atoms with Crippen LogP contribution >= 0.6 is 0 Å². The zero-order valence-electron chi connectivity index (χ0n) is 38.1. The molecule has 4 aromatic heterocycles. The molecule has 0 saturated heterocycles. The zero-order chi connectivity index (χ0) is 45.9. The maximum atomic E-state index is 11.2. The number of phenols is 2. The van der Waals surface area contributed by atoms with Gasteiger partial charge in [-0.25, -0.2) is 0 Å². The number of benzene rings is 2. The number of nitrogens with one attached hydrogen (secondary N) is 6. The summed E-state index contributed by atoms with van der Waals surface area (Å²) in [6, 6.07) is 28.8. The number of aromatic nitrogens is 4. The van der Waals surface area contributed by atoms with Gasteiger partial charge in [0.05, 0.1) is 11.4 Å². The Morgan fingerprint density at radius 3 is 1.13 bits per heavy atom. The maximum absolute atomic E-state index is 11.2. The first-order valence-corrected chi connectivity index (χ1v) is 23.5. The summed E-state index contributed by atoms with van der Waals surface area (Å²) in [6.07, 6.45) is 31.2. The van der Waals surface area contributed by atoms with E-state index in [1.165, 1.54) is 61.7 Å². The van der Waals surface area contributed by atoms with E-state index in [2.05, 4.69) is 172 Å². The molecular formula is C60H52N6O2. The first-order chi connectivity index (χ1) is 33.2. The van der Waals surface area contributed by atoms with Crippen LogP contribution in [-0.4, -0.2) is 30.1 Å². The largest absolute Gasteiger partial charge is 0.506 e. The van der Waals surface area contributed by atoms with E-state index in [0.717, 1.165) is 101 Å². The highest BCUT2D eigenvalue weighted by atomic mass is 16.3. The molecule has 6 aromatic rings. The number of aromatic hydroxyl groups is 2. The smallest absolute Gasteiger partial charge is 0.139 e. The van der Waals surface area contributed by atoms with Gasteiger partial charge in [0.25, 0.3) is 0 Å². The van der Waals surface area contributed by atoms with Crippen LogP contribution in [0, 0.1) is 0 Å². The van der Waals surface area contributed by atoms with Crippen LogP contribution in [0.1, 0.15) is 103 Å². The lowest BCUT2D eigenvalue weighted by molar-refractivity contribution is 0.477. The van der Waals surface area contributed by atoms with Gasteiger partial charge in [-0.3, -0.25) is 0 Å². The second kappa shape index (κ2) is 16.8. The summed E-state index contributed by atoms with van der Waals surface area (Å²) in [4.78, 5) is 14.4. The van der Waals surface area contributed by atoms with Gasteiger partial charge in [-0.1, -0.05) is 90.1 Å². The topological polar surface area (TPSA) is 128 Å². The third-order valence-corrected chi connectivity index (χ3v) is 14.0. The predicted molar refractivity (Wildman–Crippen MR) is 281 cm³/mol. The Hall–Kier alpha value is -8.36. The van der Waals surface area contributed by atoms with E-state index in [-0.39, 0.29) is 11.5 Å². The Bertz CT molecular complexity index is 3490. The Morgan fingerprint density at radius 1 is 0.338 bits per heavy atom. The minimum atomic E-state index is 0.190. The molecule has 8 N–H and O–H groups in total. The molecule has 68 heavy (non-hydrogen) atoms. The van der Waals surface area contributed by atoms with Gasteiger partial charge in [0.1, 0.15) is 17.3 Å². The van der Waals surface area contributed by atoms with Gasteiger partial charge in [-0.05, 0) is 167 Å². The quantitative estimate of drug-likeness (QED) is 0.0549. The number of rotatable bonds is 13. The summed E-state index contributed by atoms with van der Waals surface area (Å²) in [5.41, 5.74) is 26.2. The first kappa shape index (κ1) is 41.1. The molecule has 0 fully saturated rings. The monoisotopic (exact) mass is 888 g/mol. The molecule has 0 aliphatic heterocycles. The number of H-pyrrole nitrogens is 4. The second-order valence-electron chi connectivity index (χ2n) is 18.9. The van der Waals surface area contributed by atoms with Crippen molar-refractivity contribution in [2.75, 3.05) is 10.6 Å². The number of anilines is 3. The molecule has 2 aromatic carbocycles. The second-order valence-corrected chi connectivity index (χ2v) is 18.9. The Morgan fingerprint density at radius 2 is 0.691 bits per heavy atom. The van der Waals surface area contributed by atoms with Crippen LogP contribution in [0.25, 0.3) is 50.2 Å². The minimum Gasteiger partial charge on any atom is -0.506 e. The van der Waals surface area contributed by atoms with Gasteiger partial charge in [-0.2, -0.15) is 0 Å². The van der Waals surface area contributed by atoms with Crippen LogP contribution in [0.15, 0.2) is 175 Å². The normalized spacial score (nSPS) is 17.5. The average molecular weight is 889 g/mol. The first-order valence-electron chi connectivity index (χ1n) is 23.5. The Kier molecular flexibility index (Phi) is 10.2.